The Morgan fingerprint density at radius 3 is 2.39 bits per heavy atom. The quantitative estimate of drug-likeness (QED) is 0.711. The Labute approximate surface area is 185 Å². The van der Waals surface area contributed by atoms with Crippen LogP contribution in [0, 0.1) is 11.3 Å². The predicted molar refractivity (Wildman–Crippen MR) is 124 cm³/mol. The average molecular weight is 441 g/mol. The maximum Gasteiger partial charge on any atom is 0.225 e. The molecule has 1 aliphatic carbocycles. The van der Waals surface area contributed by atoms with Crippen LogP contribution in [0.15, 0.2) is 54.6 Å². The number of benzene rings is 2. The first-order valence-electron chi connectivity index (χ1n) is 11.2. The molecule has 0 bridgehead atoms. The van der Waals surface area contributed by atoms with Gasteiger partial charge >= 0.3 is 0 Å². The van der Waals surface area contributed by atoms with E-state index in [1.165, 1.54) is 0 Å². The number of rotatable bonds is 7. The molecule has 1 N–H and O–H groups in total. The van der Waals surface area contributed by atoms with E-state index in [1.807, 2.05) is 43.0 Å². The Morgan fingerprint density at radius 1 is 1.10 bits per heavy atom. The summed E-state index contributed by atoms with van der Waals surface area (Å²) in [4.78, 5) is 15.0. The van der Waals surface area contributed by atoms with Gasteiger partial charge in [-0.15, -0.1) is 0 Å². The Hall–Kier alpha value is -2.18. The second-order valence-corrected chi connectivity index (χ2v) is 11.4. The topological polar surface area (TPSA) is 66.5 Å². The summed E-state index contributed by atoms with van der Waals surface area (Å²) in [6.07, 6.45) is 2.57. The zero-order valence-electron chi connectivity index (χ0n) is 18.5. The van der Waals surface area contributed by atoms with Crippen molar-refractivity contribution in [2.75, 3.05) is 12.3 Å². The lowest BCUT2D eigenvalue weighted by Crippen LogP contribution is -2.50. The number of sulfonamides is 1. The van der Waals surface area contributed by atoms with Crippen molar-refractivity contribution in [2.45, 2.75) is 52.1 Å². The molecule has 0 radical (unpaired) electrons. The van der Waals surface area contributed by atoms with Crippen molar-refractivity contribution in [3.8, 4) is 11.1 Å². The second kappa shape index (κ2) is 8.40. The number of hydrogen-bond acceptors (Lipinski definition) is 3. The van der Waals surface area contributed by atoms with E-state index in [-0.39, 0.29) is 35.1 Å². The SMILES string of the molecule is CCS(=O)(=O)NC1C(Cc2cccc(-c3ccccc3)c2)N(C(=O)C(C)C)CC12CC2. The summed E-state index contributed by atoms with van der Waals surface area (Å²) < 4.78 is 28.0. The van der Waals surface area contributed by atoms with Crippen LogP contribution in [0.1, 0.15) is 39.2 Å². The van der Waals surface area contributed by atoms with Crippen LogP contribution in [0.2, 0.25) is 0 Å². The van der Waals surface area contributed by atoms with Gasteiger partial charge in [0.05, 0.1) is 11.8 Å². The van der Waals surface area contributed by atoms with Gasteiger partial charge in [0.1, 0.15) is 0 Å². The van der Waals surface area contributed by atoms with Gasteiger partial charge in [0, 0.05) is 23.9 Å². The highest BCUT2D eigenvalue weighted by atomic mass is 32.2. The van der Waals surface area contributed by atoms with E-state index in [0.717, 1.165) is 29.5 Å². The molecule has 6 heteroatoms. The van der Waals surface area contributed by atoms with Crippen LogP contribution < -0.4 is 4.72 Å². The summed E-state index contributed by atoms with van der Waals surface area (Å²) in [6, 6.07) is 18.2. The van der Waals surface area contributed by atoms with Crippen molar-refractivity contribution in [1.29, 1.82) is 0 Å². The molecule has 0 aromatic heterocycles. The van der Waals surface area contributed by atoms with E-state index >= 15 is 0 Å². The van der Waals surface area contributed by atoms with Crippen molar-refractivity contribution >= 4 is 15.9 Å². The molecule has 31 heavy (non-hydrogen) atoms. The van der Waals surface area contributed by atoms with Crippen LogP contribution in [0.25, 0.3) is 11.1 Å². The molecule has 1 amide bonds. The minimum Gasteiger partial charge on any atom is -0.337 e. The maximum absolute atomic E-state index is 13.1. The van der Waals surface area contributed by atoms with Crippen LogP contribution in [-0.2, 0) is 21.2 Å². The molecule has 1 heterocycles. The molecule has 1 spiro atoms. The Kier molecular flexibility index (Phi) is 5.97. The number of nitrogens with one attached hydrogen (secondary N) is 1. The van der Waals surface area contributed by atoms with Gasteiger partial charge in [-0.05, 0) is 42.9 Å². The van der Waals surface area contributed by atoms with Crippen LogP contribution in [-0.4, -0.2) is 43.6 Å². The van der Waals surface area contributed by atoms with Gasteiger partial charge in [-0.3, -0.25) is 4.79 Å². The second-order valence-electron chi connectivity index (χ2n) is 9.32. The first kappa shape index (κ1) is 22.0. The summed E-state index contributed by atoms with van der Waals surface area (Å²) in [6.45, 7) is 6.13. The number of hydrogen-bond donors (Lipinski definition) is 1. The lowest BCUT2D eigenvalue weighted by molar-refractivity contribution is -0.135. The number of nitrogens with zero attached hydrogens (tertiary/aromatic N) is 1. The predicted octanol–water partition coefficient (Wildman–Crippen LogP) is 3.85. The Morgan fingerprint density at radius 2 is 1.77 bits per heavy atom. The number of amides is 1. The van der Waals surface area contributed by atoms with Gasteiger partial charge in [-0.25, -0.2) is 13.1 Å². The van der Waals surface area contributed by atoms with Gasteiger partial charge < -0.3 is 4.90 Å². The summed E-state index contributed by atoms with van der Waals surface area (Å²) in [7, 11) is -3.37. The van der Waals surface area contributed by atoms with Gasteiger partial charge in [0.15, 0.2) is 0 Å². The van der Waals surface area contributed by atoms with Crippen molar-refractivity contribution in [3.63, 3.8) is 0 Å². The minimum absolute atomic E-state index is 0.0495. The van der Waals surface area contributed by atoms with Crippen molar-refractivity contribution < 1.29 is 13.2 Å². The van der Waals surface area contributed by atoms with Crippen molar-refractivity contribution in [2.24, 2.45) is 11.3 Å². The van der Waals surface area contributed by atoms with Crippen LogP contribution >= 0.6 is 0 Å². The normalized spacial score (nSPS) is 22.3. The fourth-order valence-corrected chi connectivity index (χ4v) is 5.76. The van der Waals surface area contributed by atoms with Crippen molar-refractivity contribution in [3.05, 3.63) is 60.2 Å². The minimum atomic E-state index is -3.37. The number of likely N-dealkylation sites (tertiary alicyclic amines) is 1. The molecule has 2 aromatic rings. The van der Waals surface area contributed by atoms with Crippen LogP contribution in [0.5, 0.6) is 0 Å². The zero-order chi connectivity index (χ0) is 22.2. The molecule has 1 saturated heterocycles. The monoisotopic (exact) mass is 440 g/mol. The number of carbonyl (C=O) groups is 1. The summed E-state index contributed by atoms with van der Waals surface area (Å²) in [5.74, 6) is 0.0395. The molecule has 2 unspecified atom stereocenters. The lowest BCUT2D eigenvalue weighted by Gasteiger charge is -2.30. The van der Waals surface area contributed by atoms with E-state index in [9.17, 15) is 13.2 Å². The molecule has 2 atom stereocenters. The fraction of sp³-hybridized carbons (Fsp3) is 0.480. The highest BCUT2D eigenvalue weighted by molar-refractivity contribution is 7.89. The largest absolute Gasteiger partial charge is 0.337 e. The molecule has 2 fully saturated rings. The molecular formula is C25H32N2O3S. The summed E-state index contributed by atoms with van der Waals surface area (Å²) in [5, 5.41) is 0. The van der Waals surface area contributed by atoms with Crippen LogP contribution in [0.3, 0.4) is 0 Å². The Bertz CT molecular complexity index is 1050. The number of carbonyl (C=O) groups excluding carboxylic acids is 1. The molecule has 5 nitrogen and oxygen atoms in total. The van der Waals surface area contributed by atoms with Gasteiger partial charge in [0.2, 0.25) is 15.9 Å². The zero-order valence-corrected chi connectivity index (χ0v) is 19.4. The van der Waals surface area contributed by atoms with E-state index in [1.54, 1.807) is 6.92 Å². The smallest absolute Gasteiger partial charge is 0.225 e. The third-order valence-corrected chi connectivity index (χ3v) is 8.14. The van der Waals surface area contributed by atoms with E-state index in [4.69, 9.17) is 0 Å². The molecule has 166 valence electrons. The summed E-state index contributed by atoms with van der Waals surface area (Å²) in [5.41, 5.74) is 3.28. The third kappa shape index (κ3) is 4.55. The van der Waals surface area contributed by atoms with E-state index < -0.39 is 10.0 Å². The highest BCUT2D eigenvalue weighted by Crippen LogP contribution is 2.55. The molecule has 1 saturated carbocycles. The third-order valence-electron chi connectivity index (χ3n) is 6.76. The van der Waals surface area contributed by atoms with Crippen molar-refractivity contribution in [1.82, 2.24) is 9.62 Å². The molecule has 2 aliphatic rings. The first-order chi connectivity index (χ1) is 14.7. The standard InChI is InChI=1S/C25H32N2O3S/c1-4-31(29,30)26-23-22(27(24(28)18(2)3)17-25(23)13-14-25)16-19-9-8-12-21(15-19)20-10-6-5-7-11-20/h5-12,15,18,22-23,26H,4,13-14,16-17H2,1-3H3. The summed E-state index contributed by atoms with van der Waals surface area (Å²) >= 11 is 0. The molecule has 1 aliphatic heterocycles. The van der Waals surface area contributed by atoms with Gasteiger partial charge in [0.25, 0.3) is 0 Å². The molecule has 4 rings (SSSR count). The van der Waals surface area contributed by atoms with E-state index in [2.05, 4.69) is 35.1 Å². The highest BCUT2D eigenvalue weighted by Gasteiger charge is 2.61. The van der Waals surface area contributed by atoms with E-state index in [0.29, 0.717) is 13.0 Å². The lowest BCUT2D eigenvalue weighted by atomic mass is 9.91. The van der Waals surface area contributed by atoms with Gasteiger partial charge in [-0.1, -0.05) is 68.4 Å². The average Bonchev–Trinajstić information content (AvgIpc) is 3.49. The maximum atomic E-state index is 13.1. The molecule has 2 aromatic carbocycles. The van der Waals surface area contributed by atoms with Gasteiger partial charge in [-0.2, -0.15) is 0 Å². The molecular weight excluding hydrogens is 408 g/mol. The van der Waals surface area contributed by atoms with Crippen LogP contribution in [0.4, 0.5) is 0 Å². The fourth-order valence-electron chi connectivity index (χ4n) is 4.80. The first-order valence-corrected chi connectivity index (χ1v) is 12.8. The Balaban J connectivity index is 1.67.